The van der Waals surface area contributed by atoms with Crippen molar-refractivity contribution >= 4 is 0 Å². The zero-order chi connectivity index (χ0) is 9.36. The topological polar surface area (TPSA) is 15.3 Å². The fraction of sp³-hybridized carbons (Fsp3) is 0.818. The van der Waals surface area contributed by atoms with Crippen molar-refractivity contribution in [3.8, 4) is 0 Å². The Morgan fingerprint density at radius 1 is 1.23 bits per heavy atom. The monoisotopic (exact) mass is 182 g/mol. The summed E-state index contributed by atoms with van der Waals surface area (Å²) < 4.78 is 0. The average molecular weight is 182 g/mol. The Labute approximate surface area is 82.0 Å². The van der Waals surface area contributed by atoms with Gasteiger partial charge in [0.05, 0.1) is 0 Å². The third-order valence-electron chi connectivity index (χ3n) is 2.53. The number of nitrogens with zero attached hydrogens (tertiary/aromatic N) is 1. The molecule has 0 amide bonds. The highest BCUT2D eigenvalue weighted by atomic mass is 15.1. The van der Waals surface area contributed by atoms with Crippen LogP contribution >= 0.6 is 0 Å². The summed E-state index contributed by atoms with van der Waals surface area (Å²) in [5.74, 6) is 0. The molecule has 0 aromatic rings. The second-order valence-corrected chi connectivity index (χ2v) is 3.66. The lowest BCUT2D eigenvalue weighted by atomic mass is 10.4. The van der Waals surface area contributed by atoms with Crippen LogP contribution < -0.4 is 5.32 Å². The predicted molar refractivity (Wildman–Crippen MR) is 58.0 cm³/mol. The van der Waals surface area contributed by atoms with Gasteiger partial charge in [-0.2, -0.15) is 0 Å². The Kier molecular flexibility index (Phi) is 5.87. The molecule has 0 unspecified atom stereocenters. The fourth-order valence-electron chi connectivity index (χ4n) is 1.72. The molecule has 1 N–H and O–H groups in total. The molecule has 2 nitrogen and oxygen atoms in total. The Morgan fingerprint density at radius 3 is 2.69 bits per heavy atom. The predicted octanol–water partition coefficient (Wildman–Crippen LogP) is 1.64. The van der Waals surface area contributed by atoms with Gasteiger partial charge in [0, 0.05) is 13.1 Å². The number of allylic oxidation sites excluding steroid dienone is 1. The molecule has 2 heteroatoms. The summed E-state index contributed by atoms with van der Waals surface area (Å²) in [7, 11) is 0. The van der Waals surface area contributed by atoms with Crippen LogP contribution in [-0.4, -0.2) is 37.6 Å². The first kappa shape index (κ1) is 10.7. The lowest BCUT2D eigenvalue weighted by Crippen LogP contribution is -2.30. The van der Waals surface area contributed by atoms with Crippen LogP contribution in [0.5, 0.6) is 0 Å². The van der Waals surface area contributed by atoms with Gasteiger partial charge in [-0.05, 0) is 45.8 Å². The molecule has 0 bridgehead atoms. The first-order valence-electron chi connectivity index (χ1n) is 5.47. The van der Waals surface area contributed by atoms with E-state index in [1.807, 2.05) is 0 Å². The summed E-state index contributed by atoms with van der Waals surface area (Å²) in [4.78, 5) is 2.54. The molecule has 0 spiro atoms. The third-order valence-corrected chi connectivity index (χ3v) is 2.53. The quantitative estimate of drug-likeness (QED) is 0.496. The first-order chi connectivity index (χ1) is 6.43. The molecule has 1 aliphatic heterocycles. The molecule has 0 radical (unpaired) electrons. The van der Waals surface area contributed by atoms with Crippen LogP contribution in [0.3, 0.4) is 0 Å². The van der Waals surface area contributed by atoms with Crippen LogP contribution in [-0.2, 0) is 0 Å². The molecular formula is C11H22N2. The van der Waals surface area contributed by atoms with Crippen molar-refractivity contribution in [2.24, 2.45) is 0 Å². The van der Waals surface area contributed by atoms with Crippen molar-refractivity contribution in [3.63, 3.8) is 0 Å². The maximum absolute atomic E-state index is 3.45. The maximum atomic E-state index is 3.45. The van der Waals surface area contributed by atoms with E-state index < -0.39 is 0 Å². The SMILES string of the molecule is C/C=C/CCNCCN1CCCC1. The highest BCUT2D eigenvalue weighted by Gasteiger charge is 2.09. The van der Waals surface area contributed by atoms with E-state index in [1.165, 1.54) is 32.5 Å². The van der Waals surface area contributed by atoms with Crippen LogP contribution in [0.1, 0.15) is 26.2 Å². The molecule has 13 heavy (non-hydrogen) atoms. The molecule has 0 aromatic heterocycles. The Bertz CT molecular complexity index is 137. The van der Waals surface area contributed by atoms with E-state index in [0.29, 0.717) is 0 Å². The molecule has 0 atom stereocenters. The van der Waals surface area contributed by atoms with Crippen LogP contribution in [0.15, 0.2) is 12.2 Å². The summed E-state index contributed by atoms with van der Waals surface area (Å²) in [6.45, 7) is 8.21. The van der Waals surface area contributed by atoms with Gasteiger partial charge in [-0.3, -0.25) is 0 Å². The number of rotatable bonds is 6. The smallest absolute Gasteiger partial charge is 0.0107 e. The molecule has 0 saturated carbocycles. The Hall–Kier alpha value is -0.340. The van der Waals surface area contributed by atoms with Crippen LogP contribution in [0.4, 0.5) is 0 Å². The second-order valence-electron chi connectivity index (χ2n) is 3.66. The van der Waals surface area contributed by atoms with Crippen LogP contribution in [0.2, 0.25) is 0 Å². The Balaban J connectivity index is 1.83. The summed E-state index contributed by atoms with van der Waals surface area (Å²) in [6.07, 6.45) is 8.29. The van der Waals surface area contributed by atoms with Gasteiger partial charge in [-0.15, -0.1) is 0 Å². The molecular weight excluding hydrogens is 160 g/mol. The van der Waals surface area contributed by atoms with Crippen molar-refractivity contribution in [2.75, 3.05) is 32.7 Å². The molecule has 0 aliphatic carbocycles. The largest absolute Gasteiger partial charge is 0.315 e. The molecule has 1 rings (SSSR count). The summed E-state index contributed by atoms with van der Waals surface area (Å²) in [5, 5.41) is 3.45. The number of hydrogen-bond donors (Lipinski definition) is 1. The van der Waals surface area contributed by atoms with Gasteiger partial charge < -0.3 is 10.2 Å². The van der Waals surface area contributed by atoms with Gasteiger partial charge >= 0.3 is 0 Å². The molecule has 1 heterocycles. The lowest BCUT2D eigenvalue weighted by molar-refractivity contribution is 0.336. The van der Waals surface area contributed by atoms with Gasteiger partial charge in [0.2, 0.25) is 0 Å². The van der Waals surface area contributed by atoms with Gasteiger partial charge in [0.1, 0.15) is 0 Å². The van der Waals surface area contributed by atoms with Gasteiger partial charge in [-0.1, -0.05) is 12.2 Å². The minimum Gasteiger partial charge on any atom is -0.315 e. The number of likely N-dealkylation sites (tertiary alicyclic amines) is 1. The molecule has 0 aromatic carbocycles. The van der Waals surface area contributed by atoms with Crippen molar-refractivity contribution in [1.29, 1.82) is 0 Å². The minimum absolute atomic E-state index is 1.12. The van der Waals surface area contributed by atoms with E-state index >= 15 is 0 Å². The van der Waals surface area contributed by atoms with E-state index in [9.17, 15) is 0 Å². The zero-order valence-electron chi connectivity index (χ0n) is 8.76. The summed E-state index contributed by atoms with van der Waals surface area (Å²) in [6, 6.07) is 0. The van der Waals surface area contributed by atoms with Crippen molar-refractivity contribution in [1.82, 2.24) is 10.2 Å². The van der Waals surface area contributed by atoms with Gasteiger partial charge in [0.25, 0.3) is 0 Å². The minimum atomic E-state index is 1.12. The highest BCUT2D eigenvalue weighted by molar-refractivity contribution is 4.77. The van der Waals surface area contributed by atoms with Crippen LogP contribution in [0, 0.1) is 0 Å². The fourth-order valence-corrected chi connectivity index (χ4v) is 1.72. The van der Waals surface area contributed by atoms with Crippen molar-refractivity contribution in [2.45, 2.75) is 26.2 Å². The van der Waals surface area contributed by atoms with E-state index in [1.54, 1.807) is 0 Å². The normalized spacial score (nSPS) is 18.8. The zero-order valence-corrected chi connectivity index (χ0v) is 8.76. The van der Waals surface area contributed by atoms with Gasteiger partial charge in [0.15, 0.2) is 0 Å². The number of hydrogen-bond acceptors (Lipinski definition) is 2. The van der Waals surface area contributed by atoms with E-state index in [2.05, 4.69) is 29.3 Å². The van der Waals surface area contributed by atoms with Crippen LogP contribution in [0.25, 0.3) is 0 Å². The molecule has 1 saturated heterocycles. The first-order valence-corrected chi connectivity index (χ1v) is 5.47. The van der Waals surface area contributed by atoms with Crippen molar-refractivity contribution in [3.05, 3.63) is 12.2 Å². The van der Waals surface area contributed by atoms with E-state index in [-0.39, 0.29) is 0 Å². The lowest BCUT2D eigenvalue weighted by Gasteiger charge is -2.14. The standard InChI is InChI=1S/C11H22N2/c1-2-3-4-7-12-8-11-13-9-5-6-10-13/h2-3,12H,4-11H2,1H3/b3-2+. The van der Waals surface area contributed by atoms with Gasteiger partial charge in [-0.25, -0.2) is 0 Å². The van der Waals surface area contributed by atoms with Crippen molar-refractivity contribution < 1.29 is 0 Å². The average Bonchev–Trinajstić information content (AvgIpc) is 2.63. The van der Waals surface area contributed by atoms with E-state index in [0.717, 1.165) is 19.5 Å². The summed E-state index contributed by atoms with van der Waals surface area (Å²) >= 11 is 0. The molecule has 1 aliphatic rings. The Morgan fingerprint density at radius 2 is 2.00 bits per heavy atom. The maximum Gasteiger partial charge on any atom is 0.0107 e. The van der Waals surface area contributed by atoms with E-state index in [4.69, 9.17) is 0 Å². The summed E-state index contributed by atoms with van der Waals surface area (Å²) in [5.41, 5.74) is 0. The second kappa shape index (κ2) is 7.10. The molecule has 1 fully saturated rings. The molecule has 76 valence electrons. The highest BCUT2D eigenvalue weighted by Crippen LogP contribution is 2.05. The number of nitrogens with one attached hydrogen (secondary N) is 1. The third kappa shape index (κ3) is 5.06.